The Hall–Kier alpha value is -1.71. The van der Waals surface area contributed by atoms with E-state index in [1.54, 1.807) is 24.1 Å². The molecule has 0 aliphatic carbocycles. The zero-order valence-electron chi connectivity index (χ0n) is 10.9. The number of anilines is 1. The zero-order valence-corrected chi connectivity index (χ0v) is 10.9. The number of carbonyl (C=O) groups is 1. The van der Waals surface area contributed by atoms with E-state index in [1.165, 1.54) is 0 Å². The molecule has 0 radical (unpaired) electrons. The van der Waals surface area contributed by atoms with Crippen LogP contribution >= 0.6 is 0 Å². The smallest absolute Gasteiger partial charge is 0.410 e. The van der Waals surface area contributed by atoms with Gasteiger partial charge in [-0.3, -0.25) is 0 Å². The van der Waals surface area contributed by atoms with Crippen molar-refractivity contribution in [2.24, 2.45) is 0 Å². The third-order valence-corrected chi connectivity index (χ3v) is 2.59. The lowest BCUT2D eigenvalue weighted by Crippen LogP contribution is -2.42. The molecule has 1 aromatic rings. The number of ether oxygens (including phenoxy) is 1. The quantitative estimate of drug-likeness (QED) is 0.803. The van der Waals surface area contributed by atoms with Gasteiger partial charge in [-0.05, 0) is 38.5 Å². The van der Waals surface area contributed by atoms with Gasteiger partial charge in [-0.15, -0.1) is 0 Å². The molecule has 0 saturated carbocycles. The van der Waals surface area contributed by atoms with Gasteiger partial charge in [-0.2, -0.15) is 0 Å². The molecule has 2 N–H and O–H groups in total. The van der Waals surface area contributed by atoms with Crippen LogP contribution in [0.5, 0.6) is 0 Å². The van der Waals surface area contributed by atoms with Gasteiger partial charge in [0.05, 0.1) is 0 Å². The normalized spacial score (nSPS) is 11.1. The molecule has 0 saturated heterocycles. The first-order valence-electron chi connectivity index (χ1n) is 5.55. The molecule has 0 spiro atoms. The van der Waals surface area contributed by atoms with Crippen molar-refractivity contribution in [3.63, 3.8) is 0 Å². The minimum Gasteiger partial charge on any atom is -0.445 e. The molecule has 0 atom stereocenters. The first-order valence-corrected chi connectivity index (χ1v) is 5.55. The fourth-order valence-corrected chi connectivity index (χ4v) is 1.20. The van der Waals surface area contributed by atoms with Crippen molar-refractivity contribution < 1.29 is 9.53 Å². The number of benzene rings is 1. The maximum atomic E-state index is 11.7. The third-order valence-electron chi connectivity index (χ3n) is 2.59. The molecule has 1 aromatic carbocycles. The summed E-state index contributed by atoms with van der Waals surface area (Å²) in [5.74, 6) is 0. The Morgan fingerprint density at radius 2 is 2.06 bits per heavy atom. The number of amides is 1. The van der Waals surface area contributed by atoms with Crippen molar-refractivity contribution in [2.75, 3.05) is 12.8 Å². The lowest BCUT2D eigenvalue weighted by atomic mass is 10.1. The summed E-state index contributed by atoms with van der Waals surface area (Å²) in [6.45, 7) is 6.10. The van der Waals surface area contributed by atoms with Gasteiger partial charge in [-0.25, -0.2) is 4.79 Å². The van der Waals surface area contributed by atoms with Crippen LogP contribution in [0.15, 0.2) is 24.3 Å². The van der Waals surface area contributed by atoms with E-state index in [4.69, 9.17) is 10.5 Å². The van der Waals surface area contributed by atoms with Crippen molar-refractivity contribution in [2.45, 2.75) is 32.9 Å². The highest BCUT2D eigenvalue weighted by Gasteiger charge is 2.23. The van der Waals surface area contributed by atoms with Crippen molar-refractivity contribution >= 4 is 11.8 Å². The van der Waals surface area contributed by atoms with Crippen LogP contribution in [0.4, 0.5) is 10.5 Å². The van der Waals surface area contributed by atoms with E-state index < -0.39 is 0 Å². The fraction of sp³-hybridized carbons (Fsp3) is 0.462. The second-order valence-electron chi connectivity index (χ2n) is 5.03. The van der Waals surface area contributed by atoms with E-state index in [9.17, 15) is 4.79 Å². The van der Waals surface area contributed by atoms with Gasteiger partial charge in [-0.1, -0.05) is 12.1 Å². The molecule has 94 valence electrons. The molecule has 0 heterocycles. The summed E-state index contributed by atoms with van der Waals surface area (Å²) >= 11 is 0. The van der Waals surface area contributed by atoms with E-state index in [1.807, 2.05) is 32.9 Å². The van der Waals surface area contributed by atoms with Crippen molar-refractivity contribution in [3.05, 3.63) is 29.8 Å². The topological polar surface area (TPSA) is 55.6 Å². The highest BCUT2D eigenvalue weighted by atomic mass is 16.6. The van der Waals surface area contributed by atoms with Gasteiger partial charge in [0.2, 0.25) is 0 Å². The Morgan fingerprint density at radius 1 is 1.41 bits per heavy atom. The summed E-state index contributed by atoms with van der Waals surface area (Å²) in [7, 11) is 1.72. The van der Waals surface area contributed by atoms with Crippen molar-refractivity contribution in [1.29, 1.82) is 0 Å². The standard InChI is InChI=1S/C13H20N2O2/c1-13(2,3)15(4)12(16)17-9-10-6-5-7-11(14)8-10/h5-8H,9,14H2,1-4H3. The maximum absolute atomic E-state index is 11.7. The number of hydrogen-bond acceptors (Lipinski definition) is 3. The molecule has 0 bridgehead atoms. The monoisotopic (exact) mass is 236 g/mol. The number of rotatable bonds is 2. The Kier molecular flexibility index (Phi) is 3.99. The predicted octanol–water partition coefficient (Wildman–Crippen LogP) is 2.64. The molecule has 0 aliphatic rings. The molecule has 0 unspecified atom stereocenters. The van der Waals surface area contributed by atoms with Crippen LogP contribution in [0.3, 0.4) is 0 Å². The van der Waals surface area contributed by atoms with E-state index in [0.29, 0.717) is 5.69 Å². The van der Waals surface area contributed by atoms with Crippen molar-refractivity contribution in [3.8, 4) is 0 Å². The highest BCUT2D eigenvalue weighted by Crippen LogP contribution is 2.13. The largest absolute Gasteiger partial charge is 0.445 e. The number of carbonyl (C=O) groups excluding carboxylic acids is 1. The lowest BCUT2D eigenvalue weighted by molar-refractivity contribution is 0.0759. The van der Waals surface area contributed by atoms with Crippen LogP contribution in [0.1, 0.15) is 26.3 Å². The van der Waals surface area contributed by atoms with Gasteiger partial charge < -0.3 is 15.4 Å². The van der Waals surface area contributed by atoms with Gasteiger partial charge in [0.15, 0.2) is 0 Å². The predicted molar refractivity (Wildman–Crippen MR) is 68.6 cm³/mol. The molecule has 1 rings (SSSR count). The summed E-state index contributed by atoms with van der Waals surface area (Å²) < 4.78 is 5.20. The minimum atomic E-state index is -0.333. The van der Waals surface area contributed by atoms with Crippen LogP contribution in [-0.2, 0) is 11.3 Å². The summed E-state index contributed by atoms with van der Waals surface area (Å²) in [4.78, 5) is 13.3. The first-order chi connectivity index (χ1) is 7.80. The summed E-state index contributed by atoms with van der Waals surface area (Å²) in [6, 6.07) is 7.31. The van der Waals surface area contributed by atoms with Crippen LogP contribution in [0.25, 0.3) is 0 Å². The summed E-state index contributed by atoms with van der Waals surface area (Å²) in [5, 5.41) is 0. The average molecular weight is 236 g/mol. The van der Waals surface area contributed by atoms with Crippen LogP contribution in [0.2, 0.25) is 0 Å². The molecule has 0 aromatic heterocycles. The number of nitrogens with zero attached hydrogens (tertiary/aromatic N) is 1. The Labute approximate surface area is 102 Å². The Morgan fingerprint density at radius 3 is 2.59 bits per heavy atom. The van der Waals surface area contributed by atoms with E-state index in [2.05, 4.69) is 0 Å². The van der Waals surface area contributed by atoms with Gasteiger partial charge in [0.25, 0.3) is 0 Å². The molecular formula is C13H20N2O2. The molecule has 4 heteroatoms. The van der Waals surface area contributed by atoms with Crippen LogP contribution in [-0.4, -0.2) is 23.6 Å². The minimum absolute atomic E-state index is 0.240. The van der Waals surface area contributed by atoms with Gasteiger partial charge >= 0.3 is 6.09 Å². The Balaban J connectivity index is 2.54. The lowest BCUT2D eigenvalue weighted by Gasteiger charge is -2.30. The SMILES string of the molecule is CN(C(=O)OCc1cccc(N)c1)C(C)(C)C. The van der Waals surface area contributed by atoms with Crippen molar-refractivity contribution in [1.82, 2.24) is 4.90 Å². The van der Waals surface area contributed by atoms with Crippen LogP contribution < -0.4 is 5.73 Å². The van der Waals surface area contributed by atoms with E-state index in [-0.39, 0.29) is 18.2 Å². The van der Waals surface area contributed by atoms with E-state index >= 15 is 0 Å². The van der Waals surface area contributed by atoms with Gasteiger partial charge in [0, 0.05) is 18.3 Å². The molecule has 1 amide bonds. The highest BCUT2D eigenvalue weighted by molar-refractivity contribution is 5.68. The number of nitrogens with two attached hydrogens (primary N) is 1. The molecular weight excluding hydrogens is 216 g/mol. The second-order valence-corrected chi connectivity index (χ2v) is 5.03. The number of nitrogen functional groups attached to an aromatic ring is 1. The van der Waals surface area contributed by atoms with Crippen LogP contribution in [0, 0.1) is 0 Å². The molecule has 17 heavy (non-hydrogen) atoms. The summed E-state index contributed by atoms with van der Waals surface area (Å²) in [5.41, 5.74) is 6.96. The molecule has 0 fully saturated rings. The average Bonchev–Trinajstić information content (AvgIpc) is 2.23. The third kappa shape index (κ3) is 3.98. The van der Waals surface area contributed by atoms with Gasteiger partial charge in [0.1, 0.15) is 6.61 Å². The van der Waals surface area contributed by atoms with E-state index in [0.717, 1.165) is 5.56 Å². The zero-order chi connectivity index (χ0) is 13.1. The molecule has 4 nitrogen and oxygen atoms in total. The second kappa shape index (κ2) is 5.08. The Bertz CT molecular complexity index is 397. The first kappa shape index (κ1) is 13.4. The maximum Gasteiger partial charge on any atom is 0.410 e. The summed E-state index contributed by atoms with van der Waals surface area (Å²) in [6.07, 6.45) is -0.333. The fourth-order valence-electron chi connectivity index (χ4n) is 1.20. The number of hydrogen-bond donors (Lipinski definition) is 1. The molecule has 0 aliphatic heterocycles.